The van der Waals surface area contributed by atoms with Crippen molar-refractivity contribution < 1.29 is 9.47 Å². The van der Waals surface area contributed by atoms with Crippen molar-refractivity contribution in [1.29, 1.82) is 0 Å². The standard InChI is InChI=1S/C14H28O2/c1-4-5-6-7-8-9-10-11-12-13-14(15-2)16-3/h11-12,14H,4-10,13H2,1-3H3/b12-11+. The number of unbranched alkanes of at least 4 members (excludes halogenated alkanes) is 6. The zero-order valence-electron chi connectivity index (χ0n) is 11.2. The highest BCUT2D eigenvalue weighted by Crippen LogP contribution is 2.07. The summed E-state index contributed by atoms with van der Waals surface area (Å²) in [6, 6.07) is 0. The van der Waals surface area contributed by atoms with E-state index in [1.165, 1.54) is 44.9 Å². The summed E-state index contributed by atoms with van der Waals surface area (Å²) >= 11 is 0. The predicted octanol–water partition coefficient (Wildman–Crippen LogP) is 4.30. The van der Waals surface area contributed by atoms with E-state index in [-0.39, 0.29) is 6.29 Å². The summed E-state index contributed by atoms with van der Waals surface area (Å²) in [7, 11) is 3.35. The van der Waals surface area contributed by atoms with Gasteiger partial charge in [0.1, 0.15) is 0 Å². The van der Waals surface area contributed by atoms with Crippen molar-refractivity contribution in [2.45, 2.75) is 64.6 Å². The van der Waals surface area contributed by atoms with Crippen LogP contribution in [0.15, 0.2) is 12.2 Å². The third kappa shape index (κ3) is 10.2. The molecule has 0 heterocycles. The summed E-state index contributed by atoms with van der Waals surface area (Å²) in [5.74, 6) is 0. The van der Waals surface area contributed by atoms with Gasteiger partial charge in [-0.3, -0.25) is 0 Å². The molecule has 0 bridgehead atoms. The molecule has 0 aromatic rings. The van der Waals surface area contributed by atoms with Gasteiger partial charge in [0.15, 0.2) is 6.29 Å². The highest BCUT2D eigenvalue weighted by atomic mass is 16.7. The van der Waals surface area contributed by atoms with Crippen molar-refractivity contribution >= 4 is 0 Å². The van der Waals surface area contributed by atoms with E-state index in [1.54, 1.807) is 14.2 Å². The predicted molar refractivity (Wildman–Crippen MR) is 69.6 cm³/mol. The Bertz CT molecular complexity index is 151. The van der Waals surface area contributed by atoms with Gasteiger partial charge in [-0.25, -0.2) is 0 Å². The summed E-state index contributed by atoms with van der Waals surface area (Å²) in [6.45, 7) is 2.25. The second-order valence-corrected chi connectivity index (χ2v) is 4.16. The quantitative estimate of drug-likeness (QED) is 0.298. The number of ether oxygens (including phenoxy) is 2. The van der Waals surface area contributed by atoms with Gasteiger partial charge in [0, 0.05) is 20.6 Å². The SMILES string of the molecule is CCCCCCCC/C=C/CC(OC)OC. The number of allylic oxidation sites excluding steroid dienone is 1. The molecule has 0 rings (SSSR count). The van der Waals surface area contributed by atoms with E-state index in [1.807, 2.05) is 0 Å². The number of rotatable bonds is 11. The van der Waals surface area contributed by atoms with Crippen molar-refractivity contribution in [1.82, 2.24) is 0 Å². The Balaban J connectivity index is 3.21. The van der Waals surface area contributed by atoms with E-state index in [0.29, 0.717) is 0 Å². The van der Waals surface area contributed by atoms with Gasteiger partial charge in [-0.1, -0.05) is 51.2 Å². The van der Waals surface area contributed by atoms with Crippen molar-refractivity contribution in [3.05, 3.63) is 12.2 Å². The van der Waals surface area contributed by atoms with Gasteiger partial charge in [0.05, 0.1) is 0 Å². The Labute approximate surface area is 101 Å². The molecule has 0 aliphatic carbocycles. The van der Waals surface area contributed by atoms with Crippen LogP contribution in [0.3, 0.4) is 0 Å². The lowest BCUT2D eigenvalue weighted by molar-refractivity contribution is -0.0986. The first-order chi connectivity index (χ1) is 7.85. The molecule has 0 aliphatic heterocycles. The number of methoxy groups -OCH3 is 2. The normalized spacial score (nSPS) is 11.8. The average molecular weight is 228 g/mol. The maximum atomic E-state index is 5.10. The maximum absolute atomic E-state index is 5.10. The lowest BCUT2D eigenvalue weighted by atomic mass is 10.1. The molecule has 0 aliphatic rings. The van der Waals surface area contributed by atoms with Crippen LogP contribution in [0.2, 0.25) is 0 Å². The molecule has 0 radical (unpaired) electrons. The summed E-state index contributed by atoms with van der Waals surface area (Å²) < 4.78 is 10.2. The van der Waals surface area contributed by atoms with Crippen LogP contribution >= 0.6 is 0 Å². The lowest BCUT2D eigenvalue weighted by Gasteiger charge is -2.09. The van der Waals surface area contributed by atoms with Gasteiger partial charge in [-0.2, -0.15) is 0 Å². The van der Waals surface area contributed by atoms with Crippen LogP contribution in [0.5, 0.6) is 0 Å². The fourth-order valence-electron chi connectivity index (χ4n) is 1.66. The minimum absolute atomic E-state index is 0.0826. The minimum atomic E-state index is -0.0826. The molecule has 0 fully saturated rings. The molecule has 0 spiro atoms. The molecule has 0 amide bonds. The fraction of sp³-hybridized carbons (Fsp3) is 0.857. The Hall–Kier alpha value is -0.340. The first kappa shape index (κ1) is 15.7. The highest BCUT2D eigenvalue weighted by molar-refractivity contribution is 4.82. The zero-order valence-corrected chi connectivity index (χ0v) is 11.2. The Morgan fingerprint density at radius 3 is 2.12 bits per heavy atom. The van der Waals surface area contributed by atoms with E-state index < -0.39 is 0 Å². The van der Waals surface area contributed by atoms with Crippen LogP contribution in [-0.4, -0.2) is 20.5 Å². The molecule has 16 heavy (non-hydrogen) atoms. The van der Waals surface area contributed by atoms with Gasteiger partial charge >= 0.3 is 0 Å². The summed E-state index contributed by atoms with van der Waals surface area (Å²) in [5.41, 5.74) is 0. The fourth-order valence-corrected chi connectivity index (χ4v) is 1.66. The molecule has 96 valence electrons. The highest BCUT2D eigenvalue weighted by Gasteiger charge is 1.99. The van der Waals surface area contributed by atoms with E-state index in [2.05, 4.69) is 19.1 Å². The van der Waals surface area contributed by atoms with Crippen LogP contribution in [0.4, 0.5) is 0 Å². The lowest BCUT2D eigenvalue weighted by Crippen LogP contribution is -2.10. The Morgan fingerprint density at radius 1 is 0.875 bits per heavy atom. The topological polar surface area (TPSA) is 18.5 Å². The Morgan fingerprint density at radius 2 is 1.50 bits per heavy atom. The molecule has 0 atom stereocenters. The van der Waals surface area contributed by atoms with E-state index >= 15 is 0 Å². The third-order valence-corrected chi connectivity index (χ3v) is 2.75. The second kappa shape index (κ2) is 12.7. The second-order valence-electron chi connectivity index (χ2n) is 4.16. The molecule has 0 aromatic carbocycles. The number of hydrogen-bond acceptors (Lipinski definition) is 2. The summed E-state index contributed by atoms with van der Waals surface area (Å²) in [6.07, 6.45) is 14.5. The summed E-state index contributed by atoms with van der Waals surface area (Å²) in [4.78, 5) is 0. The van der Waals surface area contributed by atoms with Crippen LogP contribution in [0.25, 0.3) is 0 Å². The van der Waals surface area contributed by atoms with E-state index in [4.69, 9.17) is 9.47 Å². The van der Waals surface area contributed by atoms with Crippen molar-refractivity contribution in [2.24, 2.45) is 0 Å². The molecule has 0 N–H and O–H groups in total. The molecule has 0 aromatic heterocycles. The van der Waals surface area contributed by atoms with Crippen molar-refractivity contribution in [3.8, 4) is 0 Å². The number of hydrogen-bond donors (Lipinski definition) is 0. The van der Waals surface area contributed by atoms with E-state index in [9.17, 15) is 0 Å². The maximum Gasteiger partial charge on any atom is 0.160 e. The molecule has 2 heteroatoms. The van der Waals surface area contributed by atoms with Crippen LogP contribution < -0.4 is 0 Å². The van der Waals surface area contributed by atoms with Gasteiger partial charge < -0.3 is 9.47 Å². The Kier molecular flexibility index (Phi) is 12.5. The minimum Gasteiger partial charge on any atom is -0.356 e. The third-order valence-electron chi connectivity index (χ3n) is 2.75. The molecule has 0 saturated heterocycles. The molecule has 0 saturated carbocycles. The van der Waals surface area contributed by atoms with E-state index in [0.717, 1.165) is 6.42 Å². The zero-order chi connectivity index (χ0) is 12.1. The van der Waals surface area contributed by atoms with Gasteiger partial charge in [-0.15, -0.1) is 0 Å². The first-order valence-corrected chi connectivity index (χ1v) is 6.55. The van der Waals surface area contributed by atoms with Gasteiger partial charge in [0.2, 0.25) is 0 Å². The average Bonchev–Trinajstić information content (AvgIpc) is 2.32. The van der Waals surface area contributed by atoms with Gasteiger partial charge in [-0.05, 0) is 12.8 Å². The van der Waals surface area contributed by atoms with Crippen LogP contribution in [0, 0.1) is 0 Å². The molecule has 2 nitrogen and oxygen atoms in total. The van der Waals surface area contributed by atoms with Crippen LogP contribution in [0.1, 0.15) is 58.3 Å². The van der Waals surface area contributed by atoms with Crippen molar-refractivity contribution in [3.63, 3.8) is 0 Å². The smallest absolute Gasteiger partial charge is 0.160 e. The van der Waals surface area contributed by atoms with Crippen LogP contribution in [-0.2, 0) is 9.47 Å². The monoisotopic (exact) mass is 228 g/mol. The largest absolute Gasteiger partial charge is 0.356 e. The molecular formula is C14H28O2. The molecular weight excluding hydrogens is 200 g/mol. The summed E-state index contributed by atoms with van der Waals surface area (Å²) in [5, 5.41) is 0. The first-order valence-electron chi connectivity index (χ1n) is 6.55. The molecule has 0 unspecified atom stereocenters. The van der Waals surface area contributed by atoms with Gasteiger partial charge in [0.25, 0.3) is 0 Å². The van der Waals surface area contributed by atoms with Crippen molar-refractivity contribution in [2.75, 3.05) is 14.2 Å².